The van der Waals surface area contributed by atoms with E-state index in [1.807, 2.05) is 0 Å². The van der Waals surface area contributed by atoms with Crippen LogP contribution in [-0.2, 0) is 5.41 Å². The van der Waals surface area contributed by atoms with Crippen molar-refractivity contribution in [2.24, 2.45) is 0 Å². The number of anilines is 2. The van der Waals surface area contributed by atoms with Crippen LogP contribution in [0.1, 0.15) is 33.4 Å². The van der Waals surface area contributed by atoms with E-state index in [1.54, 1.807) is 0 Å². The zero-order chi connectivity index (χ0) is 23.1. The van der Waals surface area contributed by atoms with E-state index in [0.717, 1.165) is 5.69 Å². The van der Waals surface area contributed by atoms with E-state index < -0.39 is 0 Å². The molecular weight excluding hydrogens is 410 g/mol. The minimum atomic E-state index is -0.368. The average Bonchev–Trinajstić information content (AvgIpc) is 3.18. The van der Waals surface area contributed by atoms with Gasteiger partial charge in [-0.05, 0) is 70.5 Å². The van der Waals surface area contributed by atoms with Crippen molar-refractivity contribution in [1.29, 1.82) is 0 Å². The molecule has 1 aliphatic rings. The van der Waals surface area contributed by atoms with Gasteiger partial charge >= 0.3 is 0 Å². The topological polar surface area (TPSA) is 12.0 Å². The first-order valence-electron chi connectivity index (χ1n) is 11.9. The molecule has 0 radical (unpaired) electrons. The molecule has 34 heavy (non-hydrogen) atoms. The molecule has 0 aliphatic heterocycles. The quantitative estimate of drug-likeness (QED) is 0.292. The van der Waals surface area contributed by atoms with Gasteiger partial charge in [0.1, 0.15) is 0 Å². The van der Waals surface area contributed by atoms with Gasteiger partial charge in [0.15, 0.2) is 0 Å². The minimum Gasteiger partial charge on any atom is -0.355 e. The van der Waals surface area contributed by atoms with Crippen molar-refractivity contribution < 1.29 is 0 Å². The predicted octanol–water partition coefficient (Wildman–Crippen LogP) is 8.41. The summed E-state index contributed by atoms with van der Waals surface area (Å²) < 4.78 is 0. The summed E-state index contributed by atoms with van der Waals surface area (Å²) in [5, 5.41) is 3.72. The molecule has 5 aromatic rings. The first kappa shape index (κ1) is 20.5. The molecule has 5 aromatic carbocycles. The van der Waals surface area contributed by atoms with Crippen molar-refractivity contribution in [3.8, 4) is 11.1 Å². The van der Waals surface area contributed by atoms with Crippen LogP contribution in [-0.4, -0.2) is 0 Å². The summed E-state index contributed by atoms with van der Waals surface area (Å²) in [7, 11) is 0. The molecule has 0 aromatic heterocycles. The van der Waals surface area contributed by atoms with Crippen LogP contribution < -0.4 is 5.32 Å². The fourth-order valence-corrected chi connectivity index (χ4v) is 5.70. The van der Waals surface area contributed by atoms with E-state index in [4.69, 9.17) is 0 Å². The molecule has 1 nitrogen and oxygen atoms in total. The molecule has 0 saturated carbocycles. The summed E-state index contributed by atoms with van der Waals surface area (Å²) in [6.07, 6.45) is 0. The van der Waals surface area contributed by atoms with Crippen molar-refractivity contribution in [1.82, 2.24) is 0 Å². The van der Waals surface area contributed by atoms with E-state index in [9.17, 15) is 0 Å². The van der Waals surface area contributed by atoms with Crippen LogP contribution in [0.3, 0.4) is 0 Å². The maximum Gasteiger partial charge on any atom is 0.0714 e. The zero-order valence-electron chi connectivity index (χ0n) is 19.5. The van der Waals surface area contributed by atoms with Gasteiger partial charge in [0.05, 0.1) is 5.41 Å². The second-order valence-corrected chi connectivity index (χ2v) is 9.18. The monoisotopic (exact) mass is 437 g/mol. The van der Waals surface area contributed by atoms with Crippen LogP contribution in [0, 0.1) is 13.8 Å². The fraction of sp³-hybridized carbons (Fsp3) is 0.0909. The van der Waals surface area contributed by atoms with Gasteiger partial charge in [-0.25, -0.2) is 0 Å². The Morgan fingerprint density at radius 1 is 0.500 bits per heavy atom. The average molecular weight is 438 g/mol. The molecule has 0 amide bonds. The Hall–Kier alpha value is -4.10. The predicted molar refractivity (Wildman–Crippen MR) is 143 cm³/mol. The fourth-order valence-electron chi connectivity index (χ4n) is 5.70. The van der Waals surface area contributed by atoms with Crippen LogP contribution in [0.25, 0.3) is 11.1 Å². The highest BCUT2D eigenvalue weighted by Gasteiger charge is 2.45. The van der Waals surface area contributed by atoms with Gasteiger partial charge in [0.25, 0.3) is 0 Å². The van der Waals surface area contributed by atoms with E-state index in [-0.39, 0.29) is 5.41 Å². The van der Waals surface area contributed by atoms with Gasteiger partial charge in [-0.15, -0.1) is 0 Å². The number of hydrogen-bond acceptors (Lipinski definition) is 1. The lowest BCUT2D eigenvalue weighted by atomic mass is 9.67. The number of nitrogens with one attached hydrogen (secondary N) is 1. The minimum absolute atomic E-state index is 0.368. The largest absolute Gasteiger partial charge is 0.355 e. The Morgan fingerprint density at radius 2 is 1.03 bits per heavy atom. The second kappa shape index (κ2) is 8.04. The molecule has 164 valence electrons. The number of para-hydroxylation sites is 1. The summed E-state index contributed by atoms with van der Waals surface area (Å²) in [5.74, 6) is 0. The number of benzene rings is 5. The van der Waals surface area contributed by atoms with Gasteiger partial charge in [-0.2, -0.15) is 0 Å². The van der Waals surface area contributed by atoms with Crippen LogP contribution >= 0.6 is 0 Å². The molecule has 1 N–H and O–H groups in total. The molecule has 0 heterocycles. The van der Waals surface area contributed by atoms with Gasteiger partial charge < -0.3 is 5.32 Å². The third-order valence-electron chi connectivity index (χ3n) is 7.21. The number of rotatable bonds is 4. The highest BCUT2D eigenvalue weighted by molar-refractivity contribution is 5.86. The first-order valence-corrected chi connectivity index (χ1v) is 11.9. The molecular formula is C33H27N. The lowest BCUT2D eigenvalue weighted by molar-refractivity contribution is 0.769. The molecule has 1 aliphatic carbocycles. The maximum absolute atomic E-state index is 3.72. The van der Waals surface area contributed by atoms with Crippen LogP contribution in [0.15, 0.2) is 121 Å². The molecule has 0 fully saturated rings. The third kappa shape index (κ3) is 3.01. The molecule has 0 atom stereocenters. The summed E-state index contributed by atoms with van der Waals surface area (Å²) >= 11 is 0. The third-order valence-corrected chi connectivity index (χ3v) is 7.21. The Kier molecular flexibility index (Phi) is 4.85. The molecule has 0 spiro atoms. The second-order valence-electron chi connectivity index (χ2n) is 9.18. The molecule has 6 rings (SSSR count). The Morgan fingerprint density at radius 3 is 1.68 bits per heavy atom. The number of fused-ring (bicyclic) bond motifs is 3. The lowest BCUT2D eigenvalue weighted by Gasteiger charge is -2.34. The molecule has 0 unspecified atom stereocenters. The highest BCUT2D eigenvalue weighted by Crippen LogP contribution is 2.56. The maximum atomic E-state index is 3.72. The van der Waals surface area contributed by atoms with Crippen LogP contribution in [0.2, 0.25) is 0 Å². The van der Waals surface area contributed by atoms with E-state index >= 15 is 0 Å². The van der Waals surface area contributed by atoms with E-state index in [2.05, 4.69) is 140 Å². The van der Waals surface area contributed by atoms with E-state index in [1.165, 1.54) is 50.2 Å². The molecule has 1 heteroatoms. The SMILES string of the molecule is Cc1cccc(C)c1Nc1cccc(C2(c3ccccc3)c3ccccc3-c3ccccc32)c1. The van der Waals surface area contributed by atoms with E-state index in [0.29, 0.717) is 0 Å². The Labute approximate surface area is 201 Å². The standard InChI is InChI=1S/C33H27N/c1-23-12-10-13-24(2)32(23)34-27-17-11-16-26(22-27)33(25-14-4-3-5-15-25)30-20-8-6-18-28(30)29-19-7-9-21-31(29)33/h3-22,34H,1-2H3. The van der Waals surface area contributed by atoms with Crippen molar-refractivity contribution in [2.45, 2.75) is 19.3 Å². The molecule has 0 saturated heterocycles. The first-order chi connectivity index (χ1) is 16.7. The molecule has 0 bridgehead atoms. The van der Waals surface area contributed by atoms with Gasteiger partial charge in [0, 0.05) is 11.4 Å². The van der Waals surface area contributed by atoms with Crippen LogP contribution in [0.5, 0.6) is 0 Å². The smallest absolute Gasteiger partial charge is 0.0714 e. The summed E-state index contributed by atoms with van der Waals surface area (Å²) in [5.41, 5.74) is 12.3. The van der Waals surface area contributed by atoms with Crippen molar-refractivity contribution >= 4 is 11.4 Å². The zero-order valence-corrected chi connectivity index (χ0v) is 19.5. The highest BCUT2D eigenvalue weighted by atomic mass is 14.9. The summed E-state index contributed by atoms with van der Waals surface area (Å²) in [6, 6.07) is 44.1. The van der Waals surface area contributed by atoms with Gasteiger partial charge in [-0.1, -0.05) is 109 Å². The number of hydrogen-bond donors (Lipinski definition) is 1. The van der Waals surface area contributed by atoms with Crippen LogP contribution in [0.4, 0.5) is 11.4 Å². The van der Waals surface area contributed by atoms with Crippen molar-refractivity contribution in [3.63, 3.8) is 0 Å². The number of aryl methyl sites for hydroxylation is 2. The van der Waals surface area contributed by atoms with Gasteiger partial charge in [-0.3, -0.25) is 0 Å². The van der Waals surface area contributed by atoms with Gasteiger partial charge in [0.2, 0.25) is 0 Å². The summed E-state index contributed by atoms with van der Waals surface area (Å²) in [4.78, 5) is 0. The normalized spacial score (nSPS) is 13.2. The lowest BCUT2D eigenvalue weighted by Crippen LogP contribution is -2.28. The summed E-state index contributed by atoms with van der Waals surface area (Å²) in [6.45, 7) is 4.32. The Bertz CT molecular complexity index is 1430. The Balaban J connectivity index is 1.62. The van der Waals surface area contributed by atoms with Crippen molar-refractivity contribution in [3.05, 3.63) is 155 Å². The van der Waals surface area contributed by atoms with Crippen molar-refractivity contribution in [2.75, 3.05) is 5.32 Å².